The zero-order valence-corrected chi connectivity index (χ0v) is 18.4. The molecule has 1 N–H and O–H groups in total. The molecule has 162 valence electrons. The van der Waals surface area contributed by atoms with Gasteiger partial charge in [0.15, 0.2) is 12.3 Å². The van der Waals surface area contributed by atoms with E-state index in [-0.39, 0.29) is 23.2 Å². The van der Waals surface area contributed by atoms with E-state index >= 15 is 0 Å². The van der Waals surface area contributed by atoms with Crippen LogP contribution in [0, 0.1) is 6.92 Å². The summed E-state index contributed by atoms with van der Waals surface area (Å²) in [6, 6.07) is 12.3. The molecule has 0 aliphatic rings. The number of anilines is 1. The highest BCUT2D eigenvalue weighted by atomic mass is 16.5. The van der Waals surface area contributed by atoms with Crippen LogP contribution >= 0.6 is 0 Å². The zero-order valence-electron chi connectivity index (χ0n) is 18.4. The Morgan fingerprint density at radius 3 is 2.35 bits per heavy atom. The number of nitrogens with one attached hydrogen (secondary N) is 1. The van der Waals surface area contributed by atoms with Gasteiger partial charge in [-0.15, -0.1) is 0 Å². The molecule has 0 aliphatic carbocycles. The molecule has 0 atom stereocenters. The third-order valence-corrected chi connectivity index (χ3v) is 5.04. The number of para-hydroxylation sites is 1. The smallest absolute Gasteiger partial charge is 0.359 e. The van der Waals surface area contributed by atoms with Crippen molar-refractivity contribution in [2.75, 3.05) is 11.9 Å². The lowest BCUT2D eigenvalue weighted by Crippen LogP contribution is -2.29. The maximum Gasteiger partial charge on any atom is 0.359 e. The highest BCUT2D eigenvalue weighted by Crippen LogP contribution is 2.27. The number of aromatic nitrogens is 2. The average Bonchev–Trinajstić information content (AvgIpc) is 2.73. The van der Waals surface area contributed by atoms with Crippen LogP contribution in [0.3, 0.4) is 0 Å². The Kier molecular flexibility index (Phi) is 6.53. The lowest BCUT2D eigenvalue weighted by atomic mass is 9.98. The van der Waals surface area contributed by atoms with Gasteiger partial charge in [-0.3, -0.25) is 9.59 Å². The SMILES string of the molecule is Cc1cccc(C(C)C)c1NC(=O)COC(=O)c1nn(C(C)C)c(=O)c2ccccc12. The molecule has 2 aromatic carbocycles. The summed E-state index contributed by atoms with van der Waals surface area (Å²) in [5.41, 5.74) is 2.41. The molecule has 1 aromatic heterocycles. The summed E-state index contributed by atoms with van der Waals surface area (Å²) in [4.78, 5) is 37.9. The first-order valence-electron chi connectivity index (χ1n) is 10.3. The van der Waals surface area contributed by atoms with Crippen LogP contribution in [0.4, 0.5) is 5.69 Å². The Balaban J connectivity index is 1.82. The lowest BCUT2D eigenvalue weighted by molar-refractivity contribution is -0.119. The second-order valence-corrected chi connectivity index (χ2v) is 8.06. The van der Waals surface area contributed by atoms with E-state index in [1.807, 2.05) is 39.0 Å². The second-order valence-electron chi connectivity index (χ2n) is 8.06. The van der Waals surface area contributed by atoms with Crippen molar-refractivity contribution in [1.82, 2.24) is 9.78 Å². The molecule has 1 heterocycles. The van der Waals surface area contributed by atoms with Crippen molar-refractivity contribution in [2.45, 2.75) is 46.6 Å². The highest BCUT2D eigenvalue weighted by Gasteiger charge is 2.20. The van der Waals surface area contributed by atoms with Crippen molar-refractivity contribution < 1.29 is 14.3 Å². The highest BCUT2D eigenvalue weighted by molar-refractivity contribution is 6.03. The molecule has 1 amide bonds. The Morgan fingerprint density at radius 1 is 1.03 bits per heavy atom. The van der Waals surface area contributed by atoms with Gasteiger partial charge in [0.2, 0.25) is 0 Å². The fourth-order valence-corrected chi connectivity index (χ4v) is 3.42. The summed E-state index contributed by atoms with van der Waals surface area (Å²) < 4.78 is 6.51. The number of rotatable bonds is 6. The standard InChI is InChI=1S/C24H27N3O4/c1-14(2)17-12-8-9-16(5)21(17)25-20(28)13-31-24(30)22-18-10-6-7-11-19(18)23(29)27(26-22)15(3)4/h6-12,14-15H,13H2,1-5H3,(H,25,28). The summed E-state index contributed by atoms with van der Waals surface area (Å²) in [5.74, 6) is -0.967. The van der Waals surface area contributed by atoms with Crippen molar-refractivity contribution >= 4 is 28.3 Å². The van der Waals surface area contributed by atoms with Gasteiger partial charge in [-0.05, 0) is 43.9 Å². The Morgan fingerprint density at radius 2 is 1.71 bits per heavy atom. The minimum atomic E-state index is -0.755. The summed E-state index contributed by atoms with van der Waals surface area (Å²) >= 11 is 0. The number of esters is 1. The minimum Gasteiger partial charge on any atom is -0.451 e. The summed E-state index contributed by atoms with van der Waals surface area (Å²) in [6.45, 7) is 9.16. The van der Waals surface area contributed by atoms with Gasteiger partial charge in [-0.2, -0.15) is 5.10 Å². The van der Waals surface area contributed by atoms with Crippen LogP contribution in [-0.4, -0.2) is 28.3 Å². The van der Waals surface area contributed by atoms with Gasteiger partial charge in [-0.1, -0.05) is 50.2 Å². The fourth-order valence-electron chi connectivity index (χ4n) is 3.42. The molecule has 7 nitrogen and oxygen atoms in total. The van der Waals surface area contributed by atoms with E-state index in [1.165, 1.54) is 4.68 Å². The molecule has 0 saturated carbocycles. The molecule has 31 heavy (non-hydrogen) atoms. The van der Waals surface area contributed by atoms with Gasteiger partial charge in [0.05, 0.1) is 11.4 Å². The van der Waals surface area contributed by atoms with Crippen molar-refractivity contribution in [2.24, 2.45) is 0 Å². The van der Waals surface area contributed by atoms with Crippen molar-refractivity contribution in [3.05, 3.63) is 69.6 Å². The quantitative estimate of drug-likeness (QED) is 0.602. The molecule has 3 aromatic rings. The number of hydrogen-bond acceptors (Lipinski definition) is 5. The van der Waals surface area contributed by atoms with Crippen LogP contribution in [0.25, 0.3) is 10.8 Å². The molecule has 0 aliphatic heterocycles. The minimum absolute atomic E-state index is 0.00969. The molecule has 3 rings (SSSR count). The molecule has 0 fully saturated rings. The average molecular weight is 421 g/mol. The third kappa shape index (κ3) is 4.66. The summed E-state index contributed by atoms with van der Waals surface area (Å²) in [6.07, 6.45) is 0. The Labute approximate surface area is 181 Å². The summed E-state index contributed by atoms with van der Waals surface area (Å²) in [5, 5.41) is 7.84. The fraction of sp³-hybridized carbons (Fsp3) is 0.333. The van der Waals surface area contributed by atoms with Crippen LogP contribution in [-0.2, 0) is 9.53 Å². The van der Waals surface area contributed by atoms with E-state index in [9.17, 15) is 14.4 Å². The van der Waals surface area contributed by atoms with Crippen molar-refractivity contribution in [1.29, 1.82) is 0 Å². The number of carbonyl (C=O) groups is 2. The van der Waals surface area contributed by atoms with Gasteiger partial charge >= 0.3 is 5.97 Å². The van der Waals surface area contributed by atoms with Crippen LogP contribution in [0.1, 0.15) is 61.3 Å². The molecule has 7 heteroatoms. The van der Waals surface area contributed by atoms with Crippen LogP contribution in [0.2, 0.25) is 0 Å². The normalized spacial score (nSPS) is 11.2. The number of carbonyl (C=O) groups excluding carboxylic acids is 2. The predicted octanol–water partition coefficient (Wildman–Crippen LogP) is 4.20. The number of benzene rings is 2. The van der Waals surface area contributed by atoms with Crippen LogP contribution in [0.15, 0.2) is 47.3 Å². The number of nitrogens with zero attached hydrogens (tertiary/aromatic N) is 2. The largest absolute Gasteiger partial charge is 0.451 e. The summed E-state index contributed by atoms with van der Waals surface area (Å²) in [7, 11) is 0. The first-order valence-corrected chi connectivity index (χ1v) is 10.3. The van der Waals surface area contributed by atoms with Gasteiger partial charge in [0, 0.05) is 11.1 Å². The van der Waals surface area contributed by atoms with Crippen LogP contribution in [0.5, 0.6) is 0 Å². The number of aryl methyl sites for hydroxylation is 1. The van der Waals surface area contributed by atoms with Crippen molar-refractivity contribution in [3.63, 3.8) is 0 Å². The van der Waals surface area contributed by atoms with Gasteiger partial charge in [0.1, 0.15) is 0 Å². The topological polar surface area (TPSA) is 90.3 Å². The molecule has 0 bridgehead atoms. The second kappa shape index (κ2) is 9.12. The molecule has 0 unspecified atom stereocenters. The molecular weight excluding hydrogens is 394 g/mol. The Hall–Kier alpha value is -3.48. The monoisotopic (exact) mass is 421 g/mol. The van der Waals surface area contributed by atoms with Crippen molar-refractivity contribution in [3.8, 4) is 0 Å². The molecule has 0 saturated heterocycles. The molecular formula is C24H27N3O4. The lowest BCUT2D eigenvalue weighted by Gasteiger charge is -2.16. The van der Waals surface area contributed by atoms with E-state index in [0.717, 1.165) is 16.8 Å². The predicted molar refractivity (Wildman–Crippen MR) is 121 cm³/mol. The third-order valence-electron chi connectivity index (χ3n) is 5.04. The van der Waals surface area contributed by atoms with E-state index in [2.05, 4.69) is 10.4 Å². The molecule has 0 spiro atoms. The number of fused-ring (bicyclic) bond motifs is 1. The number of hydrogen-bond donors (Lipinski definition) is 1. The first kappa shape index (κ1) is 22.2. The first-order chi connectivity index (χ1) is 14.7. The molecule has 0 radical (unpaired) electrons. The van der Waals surface area contributed by atoms with E-state index in [1.54, 1.807) is 38.1 Å². The Bertz CT molecular complexity index is 1200. The van der Waals surface area contributed by atoms with Gasteiger partial charge in [0.25, 0.3) is 11.5 Å². The van der Waals surface area contributed by atoms with E-state index in [0.29, 0.717) is 10.8 Å². The van der Waals surface area contributed by atoms with E-state index in [4.69, 9.17) is 4.74 Å². The number of amides is 1. The number of ether oxygens (including phenoxy) is 1. The maximum absolute atomic E-state index is 12.8. The van der Waals surface area contributed by atoms with Crippen LogP contribution < -0.4 is 10.9 Å². The van der Waals surface area contributed by atoms with Gasteiger partial charge < -0.3 is 10.1 Å². The van der Waals surface area contributed by atoms with E-state index < -0.39 is 18.5 Å². The maximum atomic E-state index is 12.8. The zero-order chi connectivity index (χ0) is 22.7. The van der Waals surface area contributed by atoms with Gasteiger partial charge in [-0.25, -0.2) is 9.48 Å².